The van der Waals surface area contributed by atoms with Crippen molar-refractivity contribution in [3.05, 3.63) is 0 Å². The van der Waals surface area contributed by atoms with Gasteiger partial charge in [0.25, 0.3) is 0 Å². The van der Waals surface area contributed by atoms with Crippen LogP contribution in [0.25, 0.3) is 0 Å². The molecule has 0 bridgehead atoms. The Bertz CT molecular complexity index is 71.3. The van der Waals surface area contributed by atoms with Crippen LogP contribution in [0.15, 0.2) is 0 Å². The lowest BCUT2D eigenvalue weighted by Gasteiger charge is -2.26. The molecule has 9 heavy (non-hydrogen) atoms. The van der Waals surface area contributed by atoms with E-state index in [1.165, 1.54) is 30.9 Å². The molecule has 1 saturated heterocycles. The maximum absolute atomic E-state index is 3.38. The first-order chi connectivity index (χ1) is 4.43. The third-order valence-electron chi connectivity index (χ3n) is 1.59. The van der Waals surface area contributed by atoms with Crippen LogP contribution in [0.3, 0.4) is 0 Å². The largest absolute Gasteiger partial charge is 0.313 e. The van der Waals surface area contributed by atoms with E-state index in [0.717, 1.165) is 6.04 Å². The second-order valence-electron chi connectivity index (χ2n) is 2.51. The van der Waals surface area contributed by atoms with E-state index in [-0.39, 0.29) is 0 Å². The molecule has 54 valence electrons. The summed E-state index contributed by atoms with van der Waals surface area (Å²) in [5, 5.41) is 3.38. The molecule has 1 atom stereocenters. The molecule has 1 nitrogen and oxygen atoms in total. The van der Waals surface area contributed by atoms with Crippen molar-refractivity contribution < 1.29 is 0 Å². The number of nitrogens with one attached hydrogen (secondary N) is 1. The zero-order chi connectivity index (χ0) is 6.53. The topological polar surface area (TPSA) is 12.0 Å². The molecule has 0 aliphatic carbocycles. The minimum absolute atomic E-state index is 0.849. The minimum atomic E-state index is 0.849. The number of thioether (sulfide) groups is 1. The standard InChI is InChI=1S/C7H15NS/c1-2-5-9-6-7-3-4-8-7/h7-8H,2-6H2,1H3. The highest BCUT2D eigenvalue weighted by Crippen LogP contribution is 2.10. The van der Waals surface area contributed by atoms with E-state index < -0.39 is 0 Å². The van der Waals surface area contributed by atoms with Gasteiger partial charge in [0, 0.05) is 11.8 Å². The van der Waals surface area contributed by atoms with Gasteiger partial charge < -0.3 is 5.32 Å². The van der Waals surface area contributed by atoms with Crippen LogP contribution in [0.4, 0.5) is 0 Å². The van der Waals surface area contributed by atoms with Crippen LogP contribution in [0.1, 0.15) is 19.8 Å². The fourth-order valence-electron chi connectivity index (χ4n) is 0.861. The van der Waals surface area contributed by atoms with Crippen LogP contribution in [-0.4, -0.2) is 24.1 Å². The Hall–Kier alpha value is 0.310. The molecular formula is C7H15NS. The predicted molar refractivity (Wildman–Crippen MR) is 44.0 cm³/mol. The van der Waals surface area contributed by atoms with E-state index >= 15 is 0 Å². The van der Waals surface area contributed by atoms with Crippen molar-refractivity contribution >= 4 is 11.8 Å². The second-order valence-corrected chi connectivity index (χ2v) is 3.66. The Labute approximate surface area is 61.6 Å². The molecule has 0 saturated carbocycles. The molecular weight excluding hydrogens is 130 g/mol. The summed E-state index contributed by atoms with van der Waals surface area (Å²) in [7, 11) is 0. The van der Waals surface area contributed by atoms with E-state index in [0.29, 0.717) is 0 Å². The Morgan fingerprint density at radius 3 is 2.89 bits per heavy atom. The summed E-state index contributed by atoms with van der Waals surface area (Å²) < 4.78 is 0. The van der Waals surface area contributed by atoms with E-state index in [2.05, 4.69) is 24.0 Å². The smallest absolute Gasteiger partial charge is 0.0170 e. The molecule has 0 aromatic carbocycles. The second kappa shape index (κ2) is 4.18. The van der Waals surface area contributed by atoms with Crippen molar-refractivity contribution in [2.45, 2.75) is 25.8 Å². The van der Waals surface area contributed by atoms with Crippen molar-refractivity contribution in [3.63, 3.8) is 0 Å². The maximum atomic E-state index is 3.38. The molecule has 1 heterocycles. The van der Waals surface area contributed by atoms with Gasteiger partial charge in [-0.1, -0.05) is 6.92 Å². The van der Waals surface area contributed by atoms with Gasteiger partial charge in [-0.05, 0) is 25.1 Å². The molecule has 1 unspecified atom stereocenters. The van der Waals surface area contributed by atoms with Gasteiger partial charge in [-0.3, -0.25) is 0 Å². The van der Waals surface area contributed by atoms with Gasteiger partial charge in [-0.25, -0.2) is 0 Å². The van der Waals surface area contributed by atoms with Crippen LogP contribution in [0.5, 0.6) is 0 Å². The van der Waals surface area contributed by atoms with Gasteiger partial charge in [-0.15, -0.1) is 0 Å². The summed E-state index contributed by atoms with van der Waals surface area (Å²) >= 11 is 2.07. The molecule has 1 aliphatic heterocycles. The fraction of sp³-hybridized carbons (Fsp3) is 1.00. The molecule has 0 aromatic rings. The summed E-state index contributed by atoms with van der Waals surface area (Å²) in [4.78, 5) is 0. The predicted octanol–water partition coefficient (Wildman–Crippen LogP) is 1.49. The third kappa shape index (κ3) is 2.59. The van der Waals surface area contributed by atoms with Crippen LogP contribution < -0.4 is 5.32 Å². The zero-order valence-corrected chi connectivity index (χ0v) is 6.84. The molecule has 0 aromatic heterocycles. The average Bonchev–Trinajstić information content (AvgIpc) is 1.76. The SMILES string of the molecule is CCCSCC1CCN1. The van der Waals surface area contributed by atoms with Crippen molar-refractivity contribution in [1.29, 1.82) is 0 Å². The summed E-state index contributed by atoms with van der Waals surface area (Å²) in [6.45, 7) is 3.48. The van der Waals surface area contributed by atoms with E-state index in [1.807, 2.05) is 0 Å². The van der Waals surface area contributed by atoms with Gasteiger partial charge in [0.15, 0.2) is 0 Å². The van der Waals surface area contributed by atoms with Crippen LogP contribution in [0, 0.1) is 0 Å². The number of hydrogen-bond acceptors (Lipinski definition) is 2. The van der Waals surface area contributed by atoms with Gasteiger partial charge in [0.2, 0.25) is 0 Å². The van der Waals surface area contributed by atoms with Gasteiger partial charge in [0.05, 0.1) is 0 Å². The highest BCUT2D eigenvalue weighted by Gasteiger charge is 2.14. The zero-order valence-electron chi connectivity index (χ0n) is 6.02. The first-order valence-electron chi connectivity index (χ1n) is 3.74. The molecule has 2 heteroatoms. The van der Waals surface area contributed by atoms with Gasteiger partial charge in [0.1, 0.15) is 0 Å². The van der Waals surface area contributed by atoms with Crippen LogP contribution >= 0.6 is 11.8 Å². The first-order valence-corrected chi connectivity index (χ1v) is 4.90. The quantitative estimate of drug-likeness (QED) is 0.602. The lowest BCUT2D eigenvalue weighted by Crippen LogP contribution is -2.44. The molecule has 1 N–H and O–H groups in total. The molecule has 1 fully saturated rings. The molecule has 1 rings (SSSR count). The minimum Gasteiger partial charge on any atom is -0.313 e. The lowest BCUT2D eigenvalue weighted by atomic mass is 10.1. The summed E-state index contributed by atoms with van der Waals surface area (Å²) in [5.41, 5.74) is 0. The van der Waals surface area contributed by atoms with E-state index in [9.17, 15) is 0 Å². The van der Waals surface area contributed by atoms with Crippen molar-refractivity contribution in [2.24, 2.45) is 0 Å². The summed E-state index contributed by atoms with van der Waals surface area (Å²) in [6.07, 6.45) is 2.72. The van der Waals surface area contributed by atoms with E-state index in [4.69, 9.17) is 0 Å². The Balaban J connectivity index is 1.80. The van der Waals surface area contributed by atoms with Crippen LogP contribution in [-0.2, 0) is 0 Å². The average molecular weight is 145 g/mol. The Morgan fingerprint density at radius 1 is 1.67 bits per heavy atom. The van der Waals surface area contributed by atoms with Gasteiger partial charge >= 0.3 is 0 Å². The monoisotopic (exact) mass is 145 g/mol. The summed E-state index contributed by atoms with van der Waals surface area (Å²) in [6, 6.07) is 0.849. The maximum Gasteiger partial charge on any atom is 0.0170 e. The van der Waals surface area contributed by atoms with Crippen molar-refractivity contribution in [3.8, 4) is 0 Å². The molecule has 0 radical (unpaired) electrons. The Morgan fingerprint density at radius 2 is 2.44 bits per heavy atom. The van der Waals surface area contributed by atoms with Crippen molar-refractivity contribution in [1.82, 2.24) is 5.32 Å². The number of rotatable bonds is 4. The highest BCUT2D eigenvalue weighted by atomic mass is 32.2. The molecule has 0 amide bonds. The van der Waals surface area contributed by atoms with Crippen LogP contribution in [0.2, 0.25) is 0 Å². The summed E-state index contributed by atoms with van der Waals surface area (Å²) in [5.74, 6) is 2.66. The lowest BCUT2D eigenvalue weighted by molar-refractivity contribution is 0.405. The van der Waals surface area contributed by atoms with Crippen molar-refractivity contribution in [2.75, 3.05) is 18.1 Å². The fourth-order valence-corrected chi connectivity index (χ4v) is 1.89. The highest BCUT2D eigenvalue weighted by molar-refractivity contribution is 7.99. The van der Waals surface area contributed by atoms with E-state index in [1.54, 1.807) is 0 Å². The molecule has 1 aliphatic rings. The third-order valence-corrected chi connectivity index (χ3v) is 2.93. The Kier molecular flexibility index (Phi) is 3.44. The number of hydrogen-bond donors (Lipinski definition) is 1. The molecule has 0 spiro atoms. The normalized spacial score (nSPS) is 25.7. The first kappa shape index (κ1) is 7.42. The van der Waals surface area contributed by atoms with Gasteiger partial charge in [-0.2, -0.15) is 11.8 Å².